The Morgan fingerprint density at radius 2 is 1.51 bits per heavy atom. The highest BCUT2D eigenvalue weighted by molar-refractivity contribution is 5.93. The van der Waals surface area contributed by atoms with Gasteiger partial charge in [-0.05, 0) is 40.3 Å². The average Bonchev–Trinajstić information content (AvgIpc) is 3.19. The van der Waals surface area contributed by atoms with Crippen molar-refractivity contribution >= 4 is 23.7 Å². The zero-order valence-corrected chi connectivity index (χ0v) is 19.5. The van der Waals surface area contributed by atoms with E-state index in [0.717, 1.165) is 27.8 Å². The number of aliphatic carboxylic acids is 1. The van der Waals surface area contributed by atoms with Crippen molar-refractivity contribution in [1.82, 2.24) is 5.32 Å². The second-order valence-electron chi connectivity index (χ2n) is 8.65. The molecule has 7 nitrogen and oxygen atoms in total. The molecule has 0 bridgehead atoms. The molecule has 1 aliphatic rings. The maximum Gasteiger partial charge on any atom is 0.407 e. The predicted octanol–water partition coefficient (Wildman–Crippen LogP) is 4.82. The van der Waals surface area contributed by atoms with Gasteiger partial charge in [0.05, 0.1) is 5.92 Å². The third-order valence-corrected chi connectivity index (χ3v) is 6.23. The van der Waals surface area contributed by atoms with Crippen molar-refractivity contribution in [3.05, 3.63) is 89.5 Å². The lowest BCUT2D eigenvalue weighted by Gasteiger charge is -2.17. The van der Waals surface area contributed by atoms with E-state index >= 15 is 0 Å². The third-order valence-electron chi connectivity index (χ3n) is 6.23. The van der Waals surface area contributed by atoms with Crippen molar-refractivity contribution in [2.45, 2.75) is 25.7 Å². The first-order valence-corrected chi connectivity index (χ1v) is 11.6. The Morgan fingerprint density at radius 3 is 2.17 bits per heavy atom. The van der Waals surface area contributed by atoms with E-state index in [0.29, 0.717) is 12.1 Å². The molecule has 0 saturated carbocycles. The summed E-state index contributed by atoms with van der Waals surface area (Å²) in [7, 11) is 0. The second-order valence-corrected chi connectivity index (χ2v) is 8.65. The molecule has 3 N–H and O–H groups in total. The molecule has 35 heavy (non-hydrogen) atoms. The average molecular weight is 473 g/mol. The first kappa shape index (κ1) is 24.0. The van der Waals surface area contributed by atoms with Gasteiger partial charge in [-0.2, -0.15) is 0 Å². The van der Waals surface area contributed by atoms with Crippen LogP contribution in [0.4, 0.5) is 10.5 Å². The molecular formula is C28H28N2O5. The highest BCUT2D eigenvalue weighted by Crippen LogP contribution is 2.44. The molecular weight excluding hydrogens is 444 g/mol. The Balaban J connectivity index is 1.29. The van der Waals surface area contributed by atoms with Crippen LogP contribution in [0.2, 0.25) is 0 Å². The molecule has 1 unspecified atom stereocenters. The molecule has 1 atom stereocenters. The number of fused-ring (bicyclic) bond motifs is 3. The van der Waals surface area contributed by atoms with Crippen LogP contribution in [0, 0.1) is 5.92 Å². The normalized spacial score (nSPS) is 12.8. The number of aryl methyl sites for hydroxylation is 1. The lowest BCUT2D eigenvalue weighted by Crippen LogP contribution is -2.35. The van der Waals surface area contributed by atoms with E-state index in [1.807, 2.05) is 24.3 Å². The minimum absolute atomic E-state index is 0.0220. The molecule has 180 valence electrons. The molecule has 2 amide bonds. The number of anilines is 1. The minimum atomic E-state index is -0.896. The van der Waals surface area contributed by atoms with Crippen molar-refractivity contribution in [2.75, 3.05) is 18.5 Å². The summed E-state index contributed by atoms with van der Waals surface area (Å²) in [6, 6.07) is 23.3. The number of carbonyl (C=O) groups is 3. The summed E-state index contributed by atoms with van der Waals surface area (Å²) in [6.07, 6.45) is -0.280. The van der Waals surface area contributed by atoms with Crippen molar-refractivity contribution in [3.8, 4) is 11.1 Å². The van der Waals surface area contributed by atoms with Gasteiger partial charge in [0.25, 0.3) is 0 Å². The van der Waals surface area contributed by atoms with Gasteiger partial charge in [-0.3, -0.25) is 9.59 Å². The van der Waals surface area contributed by atoms with Crippen LogP contribution in [-0.4, -0.2) is 36.2 Å². The Kier molecular flexibility index (Phi) is 7.45. The summed E-state index contributed by atoms with van der Waals surface area (Å²) in [4.78, 5) is 35.9. The maximum absolute atomic E-state index is 12.6. The summed E-state index contributed by atoms with van der Waals surface area (Å²) in [5, 5.41) is 14.4. The highest BCUT2D eigenvalue weighted by atomic mass is 16.5. The van der Waals surface area contributed by atoms with Crippen LogP contribution >= 0.6 is 0 Å². The first-order valence-electron chi connectivity index (χ1n) is 11.6. The number of amides is 2. The lowest BCUT2D eigenvalue weighted by molar-refractivity contribution is -0.137. The van der Waals surface area contributed by atoms with E-state index in [1.54, 1.807) is 31.2 Å². The monoisotopic (exact) mass is 472 g/mol. The summed E-state index contributed by atoms with van der Waals surface area (Å²) in [5.74, 6) is -1.71. The SMILES string of the molecule is CC(CNC(=O)OCC1c2ccccc2-c2ccccc21)C(=O)Nc1ccccc1CCC(=O)O. The molecule has 3 aromatic carbocycles. The van der Waals surface area contributed by atoms with E-state index < -0.39 is 18.0 Å². The van der Waals surface area contributed by atoms with Crippen molar-refractivity contribution in [3.63, 3.8) is 0 Å². The van der Waals surface area contributed by atoms with Gasteiger partial charge in [0.1, 0.15) is 6.61 Å². The zero-order valence-electron chi connectivity index (χ0n) is 19.5. The van der Waals surface area contributed by atoms with Gasteiger partial charge in [0.2, 0.25) is 5.91 Å². The fraction of sp³-hybridized carbons (Fsp3) is 0.250. The Hall–Kier alpha value is -4.13. The molecule has 0 aliphatic heterocycles. The summed E-state index contributed by atoms with van der Waals surface area (Å²) < 4.78 is 5.52. The maximum atomic E-state index is 12.6. The molecule has 0 fully saturated rings. The smallest absolute Gasteiger partial charge is 0.407 e. The fourth-order valence-electron chi connectivity index (χ4n) is 4.34. The number of carboxylic acid groups (broad SMARTS) is 1. The summed E-state index contributed by atoms with van der Waals surface area (Å²) >= 11 is 0. The number of para-hydroxylation sites is 1. The predicted molar refractivity (Wildman–Crippen MR) is 133 cm³/mol. The Labute approximate surface area is 204 Å². The molecule has 4 rings (SSSR count). The van der Waals surface area contributed by atoms with Crippen LogP contribution in [0.5, 0.6) is 0 Å². The Morgan fingerprint density at radius 1 is 0.914 bits per heavy atom. The molecule has 0 saturated heterocycles. The lowest BCUT2D eigenvalue weighted by atomic mass is 9.98. The Bertz CT molecular complexity index is 1190. The van der Waals surface area contributed by atoms with E-state index in [1.165, 1.54) is 0 Å². The van der Waals surface area contributed by atoms with E-state index in [4.69, 9.17) is 9.84 Å². The minimum Gasteiger partial charge on any atom is -0.481 e. The molecule has 0 heterocycles. The van der Waals surface area contributed by atoms with E-state index in [9.17, 15) is 14.4 Å². The van der Waals surface area contributed by atoms with Gasteiger partial charge in [-0.1, -0.05) is 73.7 Å². The van der Waals surface area contributed by atoms with Crippen molar-refractivity contribution < 1.29 is 24.2 Å². The van der Waals surface area contributed by atoms with Crippen molar-refractivity contribution in [1.29, 1.82) is 0 Å². The molecule has 0 radical (unpaired) electrons. The fourth-order valence-corrected chi connectivity index (χ4v) is 4.34. The molecule has 0 spiro atoms. The topological polar surface area (TPSA) is 105 Å². The standard InChI is InChI=1S/C28H28N2O5/c1-18(27(33)30-25-13-7-2-8-19(25)14-15-26(31)32)16-29-28(34)35-17-24-22-11-5-3-9-20(22)21-10-4-6-12-23(21)24/h2-13,18,24H,14-17H2,1H3,(H,29,34)(H,30,33)(H,31,32). The van der Waals surface area contributed by atoms with Crippen molar-refractivity contribution in [2.24, 2.45) is 5.92 Å². The van der Waals surface area contributed by atoms with E-state index in [-0.39, 0.29) is 31.4 Å². The van der Waals surface area contributed by atoms with Crippen LogP contribution in [-0.2, 0) is 20.7 Å². The number of rotatable bonds is 9. The number of carbonyl (C=O) groups excluding carboxylic acids is 2. The first-order chi connectivity index (χ1) is 16.9. The van der Waals surface area contributed by atoms with Crippen LogP contribution in [0.3, 0.4) is 0 Å². The zero-order chi connectivity index (χ0) is 24.8. The number of benzene rings is 3. The van der Waals surface area contributed by atoms with Crippen LogP contribution in [0.1, 0.15) is 36.0 Å². The number of hydrogen-bond donors (Lipinski definition) is 3. The number of nitrogens with one attached hydrogen (secondary N) is 2. The van der Waals surface area contributed by atoms with Gasteiger partial charge < -0.3 is 20.5 Å². The van der Waals surface area contributed by atoms with Gasteiger partial charge >= 0.3 is 12.1 Å². The van der Waals surface area contributed by atoms with Crippen LogP contribution in [0.25, 0.3) is 11.1 Å². The highest BCUT2D eigenvalue weighted by Gasteiger charge is 2.29. The van der Waals surface area contributed by atoms with E-state index in [2.05, 4.69) is 34.9 Å². The quantitative estimate of drug-likeness (QED) is 0.414. The van der Waals surface area contributed by atoms with Gasteiger partial charge in [-0.25, -0.2) is 4.79 Å². The molecule has 3 aromatic rings. The van der Waals surface area contributed by atoms with Crippen LogP contribution in [0.15, 0.2) is 72.8 Å². The molecule has 7 heteroatoms. The number of hydrogen-bond acceptors (Lipinski definition) is 4. The third kappa shape index (κ3) is 5.69. The summed E-state index contributed by atoms with van der Waals surface area (Å²) in [5.41, 5.74) is 5.91. The van der Waals surface area contributed by atoms with Gasteiger partial charge in [0, 0.05) is 24.6 Å². The number of ether oxygens (including phenoxy) is 1. The van der Waals surface area contributed by atoms with Gasteiger partial charge in [-0.15, -0.1) is 0 Å². The molecule has 1 aliphatic carbocycles. The second kappa shape index (κ2) is 10.9. The largest absolute Gasteiger partial charge is 0.481 e. The summed E-state index contributed by atoms with van der Waals surface area (Å²) in [6.45, 7) is 2.02. The number of carboxylic acids is 1. The van der Waals surface area contributed by atoms with Gasteiger partial charge in [0.15, 0.2) is 0 Å². The number of alkyl carbamates (subject to hydrolysis) is 1. The van der Waals surface area contributed by atoms with Crippen LogP contribution < -0.4 is 10.6 Å². The molecule has 0 aromatic heterocycles.